The number of benzene rings is 1. The minimum atomic E-state index is 0. The van der Waals surface area contributed by atoms with Gasteiger partial charge in [-0.05, 0) is 64.8 Å². The second-order valence-corrected chi connectivity index (χ2v) is 6.11. The Morgan fingerprint density at radius 2 is 0.692 bits per heavy atom. The van der Waals surface area contributed by atoms with Crippen molar-refractivity contribution < 1.29 is 0 Å². The van der Waals surface area contributed by atoms with Gasteiger partial charge < -0.3 is 0 Å². The van der Waals surface area contributed by atoms with Gasteiger partial charge in [-0.15, -0.1) is 0 Å². The van der Waals surface area contributed by atoms with E-state index in [0.29, 0.717) is 0 Å². The van der Waals surface area contributed by atoms with Gasteiger partial charge >= 0.3 is 0 Å². The van der Waals surface area contributed by atoms with Gasteiger partial charge in [0.15, 0.2) is 0 Å². The highest BCUT2D eigenvalue weighted by molar-refractivity contribution is 5.19. The first-order chi connectivity index (χ1) is 11.4. The van der Waals surface area contributed by atoms with Crippen LogP contribution in [0, 0.1) is 41.5 Å². The Morgan fingerprint density at radius 1 is 0.423 bits per heavy atom. The van der Waals surface area contributed by atoms with Gasteiger partial charge in [0.05, 0.1) is 0 Å². The van der Waals surface area contributed by atoms with Crippen LogP contribution in [0.1, 0.15) is 48.5 Å². The van der Waals surface area contributed by atoms with Crippen molar-refractivity contribution in [2.24, 2.45) is 0 Å². The van der Waals surface area contributed by atoms with Gasteiger partial charge in [0.1, 0.15) is 0 Å². The third-order valence-corrected chi connectivity index (χ3v) is 3.34. The third kappa shape index (κ3) is 12.0. The molecule has 0 N–H and O–H groups in total. The minimum absolute atomic E-state index is 0. The van der Waals surface area contributed by atoms with Crippen molar-refractivity contribution >= 4 is 0 Å². The molecule has 2 heterocycles. The molecule has 2 aromatic heterocycles. The fraction of sp³-hybridized carbons (Fsp3) is 0.333. The van der Waals surface area contributed by atoms with Gasteiger partial charge in [0.2, 0.25) is 0 Å². The zero-order valence-electron chi connectivity index (χ0n) is 15.7. The lowest BCUT2D eigenvalue weighted by molar-refractivity contribution is 1.17. The van der Waals surface area contributed by atoms with Crippen LogP contribution in [0.2, 0.25) is 0 Å². The predicted molar refractivity (Wildman–Crippen MR) is 117 cm³/mol. The lowest BCUT2D eigenvalue weighted by atomic mass is 10.2. The van der Waals surface area contributed by atoms with Gasteiger partial charge in [-0.3, -0.25) is 9.97 Å². The van der Waals surface area contributed by atoms with Crippen LogP contribution in [0.4, 0.5) is 0 Å². The van der Waals surface area contributed by atoms with Crippen molar-refractivity contribution in [2.75, 3.05) is 0 Å². The van der Waals surface area contributed by atoms with Gasteiger partial charge in [-0.25, -0.2) is 0 Å². The Morgan fingerprint density at radius 3 is 0.885 bits per heavy atom. The van der Waals surface area contributed by atoms with E-state index in [4.69, 9.17) is 0 Å². The molecular weight excluding hydrogens is 316 g/mol. The average Bonchev–Trinajstić information content (AvgIpc) is 2.57. The number of nitrogens with zero attached hydrogens (tertiary/aromatic N) is 2. The molecule has 0 saturated carbocycles. The van der Waals surface area contributed by atoms with Crippen LogP contribution in [-0.2, 0) is 0 Å². The summed E-state index contributed by atoms with van der Waals surface area (Å²) in [6.45, 7) is 12.2. The maximum atomic E-state index is 4.08. The summed E-state index contributed by atoms with van der Waals surface area (Å²) in [6.07, 6.45) is 3.74. The highest BCUT2D eigenvalue weighted by Crippen LogP contribution is 1.99. The zero-order valence-corrected chi connectivity index (χ0v) is 15.7. The van der Waals surface area contributed by atoms with E-state index in [1.54, 1.807) is 0 Å². The Hall–Kier alpha value is -2.48. The van der Waals surface area contributed by atoms with E-state index >= 15 is 0 Å². The van der Waals surface area contributed by atoms with Crippen molar-refractivity contribution in [2.45, 2.75) is 56.4 Å². The molecule has 0 saturated heterocycles. The summed E-state index contributed by atoms with van der Waals surface area (Å²) in [5, 5.41) is 0. The van der Waals surface area contributed by atoms with E-state index in [-0.39, 0.29) is 14.9 Å². The van der Waals surface area contributed by atoms with E-state index in [0.717, 1.165) is 11.4 Å². The predicted octanol–water partition coefficient (Wildman–Crippen LogP) is 6.97. The van der Waals surface area contributed by atoms with Crippen LogP contribution >= 0.6 is 0 Å². The molecule has 0 radical (unpaired) electrons. The smallest absolute Gasteiger partial charge is 0.0372 e. The van der Waals surface area contributed by atoms with E-state index in [9.17, 15) is 0 Å². The number of aromatic nitrogens is 2. The Balaban J connectivity index is 0. The van der Waals surface area contributed by atoms with E-state index in [2.05, 4.69) is 60.2 Å². The van der Waals surface area contributed by atoms with Crippen LogP contribution in [0.5, 0.6) is 0 Å². The summed E-state index contributed by atoms with van der Waals surface area (Å²) in [5.74, 6) is 0. The quantitative estimate of drug-likeness (QED) is 0.436. The Kier molecular flexibility index (Phi) is 13.6. The molecule has 0 unspecified atom stereocenters. The van der Waals surface area contributed by atoms with E-state index in [1.807, 2.05) is 52.2 Å². The molecule has 0 atom stereocenters. The second kappa shape index (κ2) is 13.8. The first kappa shape index (κ1) is 25.8. The molecule has 0 spiro atoms. The number of pyridine rings is 2. The van der Waals surface area contributed by atoms with Crippen molar-refractivity contribution in [1.82, 2.24) is 9.97 Å². The zero-order chi connectivity index (χ0) is 17.9. The summed E-state index contributed by atoms with van der Waals surface area (Å²) < 4.78 is 0. The SMILES string of the molecule is C.C.Cc1ccc(C)cc1.Cc1ccc(C)nc1.Cc1ccc(C)nc1. The van der Waals surface area contributed by atoms with Gasteiger partial charge in [-0.1, -0.05) is 62.4 Å². The molecule has 0 aliphatic heterocycles. The summed E-state index contributed by atoms with van der Waals surface area (Å²) in [6, 6.07) is 16.6. The van der Waals surface area contributed by atoms with E-state index < -0.39 is 0 Å². The minimum Gasteiger partial charge on any atom is -0.261 e. The van der Waals surface area contributed by atoms with Gasteiger partial charge in [0, 0.05) is 23.8 Å². The van der Waals surface area contributed by atoms with Crippen molar-refractivity contribution in [3.63, 3.8) is 0 Å². The van der Waals surface area contributed by atoms with Crippen LogP contribution in [-0.4, -0.2) is 9.97 Å². The first-order valence-corrected chi connectivity index (χ1v) is 8.18. The Labute approximate surface area is 161 Å². The van der Waals surface area contributed by atoms with Crippen molar-refractivity contribution in [1.29, 1.82) is 0 Å². The molecule has 0 aliphatic rings. The highest BCUT2D eigenvalue weighted by Gasteiger charge is 1.82. The first-order valence-electron chi connectivity index (χ1n) is 8.18. The highest BCUT2D eigenvalue weighted by atomic mass is 14.7. The third-order valence-electron chi connectivity index (χ3n) is 3.34. The lowest BCUT2D eigenvalue weighted by Crippen LogP contribution is -1.78. The fourth-order valence-corrected chi connectivity index (χ4v) is 1.72. The number of rotatable bonds is 0. The maximum Gasteiger partial charge on any atom is 0.0372 e. The number of hydrogen-bond donors (Lipinski definition) is 0. The molecule has 0 amide bonds. The molecule has 0 fully saturated rings. The summed E-state index contributed by atoms with van der Waals surface area (Å²) in [4.78, 5) is 8.16. The Bertz CT molecular complexity index is 530. The molecule has 142 valence electrons. The molecule has 2 heteroatoms. The van der Waals surface area contributed by atoms with Crippen LogP contribution in [0.15, 0.2) is 60.9 Å². The summed E-state index contributed by atoms with van der Waals surface area (Å²) >= 11 is 0. The molecule has 3 aromatic rings. The number of aryl methyl sites for hydroxylation is 6. The molecule has 1 aromatic carbocycles. The standard InChI is InChI=1S/C8H10.2C7H9N.2CH4/c1-7-3-5-8(2)6-4-7;2*1-6-3-4-7(2)8-5-6;;/h3-6H,1-2H3;2*3-5H,1-2H3;2*1H4. The number of hydrogen-bond acceptors (Lipinski definition) is 2. The molecule has 3 rings (SSSR count). The van der Waals surface area contributed by atoms with Crippen molar-refractivity contribution in [3.05, 3.63) is 94.6 Å². The molecular formula is C24H36N2. The second-order valence-electron chi connectivity index (χ2n) is 6.11. The monoisotopic (exact) mass is 352 g/mol. The van der Waals surface area contributed by atoms with Crippen LogP contribution < -0.4 is 0 Å². The van der Waals surface area contributed by atoms with E-state index in [1.165, 1.54) is 22.3 Å². The molecule has 26 heavy (non-hydrogen) atoms. The molecule has 0 bridgehead atoms. The average molecular weight is 353 g/mol. The summed E-state index contributed by atoms with van der Waals surface area (Å²) in [5.41, 5.74) is 7.25. The molecule has 0 aliphatic carbocycles. The maximum absolute atomic E-state index is 4.08. The topological polar surface area (TPSA) is 25.8 Å². The molecule has 2 nitrogen and oxygen atoms in total. The fourth-order valence-electron chi connectivity index (χ4n) is 1.72. The van der Waals surface area contributed by atoms with Crippen LogP contribution in [0.3, 0.4) is 0 Å². The normalized spacial score (nSPS) is 8.54. The van der Waals surface area contributed by atoms with Gasteiger partial charge in [0.25, 0.3) is 0 Å². The largest absolute Gasteiger partial charge is 0.261 e. The van der Waals surface area contributed by atoms with Crippen molar-refractivity contribution in [3.8, 4) is 0 Å². The van der Waals surface area contributed by atoms with Gasteiger partial charge in [-0.2, -0.15) is 0 Å². The van der Waals surface area contributed by atoms with Crippen LogP contribution in [0.25, 0.3) is 0 Å². The summed E-state index contributed by atoms with van der Waals surface area (Å²) in [7, 11) is 0. The lowest BCUT2D eigenvalue weighted by Gasteiger charge is -1.90.